The Labute approximate surface area is 111 Å². The van der Waals surface area contributed by atoms with Crippen molar-refractivity contribution >= 4 is 0 Å². The van der Waals surface area contributed by atoms with Gasteiger partial charge in [-0.3, -0.25) is 0 Å². The van der Waals surface area contributed by atoms with Crippen molar-refractivity contribution in [1.29, 1.82) is 0 Å². The first kappa shape index (κ1) is 14.3. The maximum absolute atomic E-state index is 2.96. The second-order valence-electron chi connectivity index (χ2n) is 3.16. The van der Waals surface area contributed by atoms with Gasteiger partial charge in [-0.15, -0.1) is 0 Å². The minimum atomic E-state index is 0. The fourth-order valence-corrected chi connectivity index (χ4v) is 0.966. The van der Waals surface area contributed by atoms with Crippen LogP contribution in [0.25, 0.3) is 0 Å². The van der Waals surface area contributed by atoms with E-state index in [1.165, 1.54) is 11.1 Å². The molecule has 0 fully saturated rings. The predicted molar refractivity (Wildman–Crippen MR) is 60.0 cm³/mol. The molecule has 0 N–H and O–H groups in total. The summed E-state index contributed by atoms with van der Waals surface area (Å²) in [6.07, 6.45) is 0. The topological polar surface area (TPSA) is 0 Å². The molecule has 0 bridgehead atoms. The third-order valence-electron chi connectivity index (χ3n) is 1.73. The van der Waals surface area contributed by atoms with E-state index in [4.69, 9.17) is 0 Å². The molecule has 2 rings (SSSR count). The Hall–Kier alpha value is -0.690. The molecular formula is C14H14Hf-2. The molecule has 0 saturated carbocycles. The van der Waals surface area contributed by atoms with Gasteiger partial charge in [0.1, 0.15) is 0 Å². The number of aryl methyl sites for hydroxylation is 2. The van der Waals surface area contributed by atoms with Crippen LogP contribution >= 0.6 is 0 Å². The van der Waals surface area contributed by atoms with Crippen LogP contribution in [0.15, 0.2) is 48.5 Å². The van der Waals surface area contributed by atoms with Crippen molar-refractivity contribution in [2.75, 3.05) is 0 Å². The van der Waals surface area contributed by atoms with Gasteiger partial charge in [-0.05, 0) is 0 Å². The third-order valence-corrected chi connectivity index (χ3v) is 1.73. The normalized spacial score (nSPS) is 8.13. The molecule has 0 unspecified atom stereocenters. The van der Waals surface area contributed by atoms with Crippen molar-refractivity contribution in [2.45, 2.75) is 13.8 Å². The largest absolute Gasteiger partial charge is 0.184 e. The monoisotopic (exact) mass is 362 g/mol. The zero-order valence-electron chi connectivity index (χ0n) is 9.12. The minimum Gasteiger partial charge on any atom is -0.184 e. The number of hydrogen-bond donors (Lipinski definition) is 0. The molecule has 0 spiro atoms. The Balaban J connectivity index is 0.000000245. The molecule has 0 atom stereocenters. The summed E-state index contributed by atoms with van der Waals surface area (Å²) in [4.78, 5) is 0. The predicted octanol–water partition coefficient (Wildman–Crippen LogP) is 3.59. The average Bonchev–Trinajstić information content (AvgIpc) is 2.21. The number of benzene rings is 2. The van der Waals surface area contributed by atoms with E-state index in [0.717, 1.165) is 0 Å². The van der Waals surface area contributed by atoms with E-state index in [0.29, 0.717) is 0 Å². The molecule has 76 valence electrons. The molecule has 0 aliphatic rings. The van der Waals surface area contributed by atoms with Crippen LogP contribution in [0.2, 0.25) is 0 Å². The van der Waals surface area contributed by atoms with Crippen molar-refractivity contribution in [3.05, 3.63) is 71.8 Å². The van der Waals surface area contributed by atoms with Crippen LogP contribution in [-0.4, -0.2) is 0 Å². The molecule has 0 radical (unpaired) electrons. The van der Waals surface area contributed by atoms with E-state index in [2.05, 4.69) is 38.1 Å². The second kappa shape index (κ2) is 8.60. The van der Waals surface area contributed by atoms with E-state index in [1.54, 1.807) is 0 Å². The fourth-order valence-electron chi connectivity index (χ4n) is 0.966. The van der Waals surface area contributed by atoms with Gasteiger partial charge in [-0.2, -0.15) is 71.8 Å². The van der Waals surface area contributed by atoms with Crippen LogP contribution in [0, 0.1) is 26.0 Å². The van der Waals surface area contributed by atoms with Gasteiger partial charge in [0, 0.05) is 25.8 Å². The van der Waals surface area contributed by atoms with E-state index >= 15 is 0 Å². The number of rotatable bonds is 0. The summed E-state index contributed by atoms with van der Waals surface area (Å²) in [5.41, 5.74) is 2.53. The molecule has 0 aromatic heterocycles. The van der Waals surface area contributed by atoms with Crippen LogP contribution in [0.1, 0.15) is 11.1 Å². The standard InChI is InChI=1S/2C7H7.Hf/c2*1-7-5-3-2-4-6-7;/h2*2-3,5-6H,1H3;/q2*-1;. The molecule has 2 aromatic rings. The maximum atomic E-state index is 2.96. The van der Waals surface area contributed by atoms with Crippen LogP contribution in [0.5, 0.6) is 0 Å². The van der Waals surface area contributed by atoms with E-state index in [1.807, 2.05) is 36.4 Å². The molecule has 0 aliphatic carbocycles. The average molecular weight is 361 g/mol. The van der Waals surface area contributed by atoms with E-state index in [9.17, 15) is 0 Å². The quantitative estimate of drug-likeness (QED) is 0.497. The zero-order valence-corrected chi connectivity index (χ0v) is 12.7. The van der Waals surface area contributed by atoms with Crippen LogP contribution in [0.4, 0.5) is 0 Å². The van der Waals surface area contributed by atoms with Crippen molar-refractivity contribution in [1.82, 2.24) is 0 Å². The summed E-state index contributed by atoms with van der Waals surface area (Å²) in [7, 11) is 0. The second-order valence-corrected chi connectivity index (χ2v) is 3.16. The molecular weight excluding hydrogens is 347 g/mol. The van der Waals surface area contributed by atoms with Crippen molar-refractivity contribution < 1.29 is 25.8 Å². The van der Waals surface area contributed by atoms with Crippen LogP contribution in [0.3, 0.4) is 0 Å². The first-order valence-electron chi connectivity index (χ1n) is 4.64. The molecule has 1 heteroatoms. The van der Waals surface area contributed by atoms with Gasteiger partial charge in [0.25, 0.3) is 0 Å². The van der Waals surface area contributed by atoms with E-state index in [-0.39, 0.29) is 25.8 Å². The van der Waals surface area contributed by atoms with Gasteiger partial charge in [-0.1, -0.05) is 13.8 Å². The summed E-state index contributed by atoms with van der Waals surface area (Å²) in [5, 5.41) is 0. The van der Waals surface area contributed by atoms with Gasteiger partial charge in [0.2, 0.25) is 0 Å². The molecule has 0 saturated heterocycles. The van der Waals surface area contributed by atoms with Crippen LogP contribution < -0.4 is 0 Å². The van der Waals surface area contributed by atoms with E-state index < -0.39 is 0 Å². The summed E-state index contributed by atoms with van der Waals surface area (Å²) < 4.78 is 0. The summed E-state index contributed by atoms with van der Waals surface area (Å²) in [6.45, 7) is 4.10. The Morgan fingerprint density at radius 2 is 1.20 bits per heavy atom. The van der Waals surface area contributed by atoms with Gasteiger partial charge < -0.3 is 0 Å². The first-order chi connectivity index (χ1) is 6.79. The summed E-state index contributed by atoms with van der Waals surface area (Å²) in [5.74, 6) is 0. The van der Waals surface area contributed by atoms with Crippen molar-refractivity contribution in [2.24, 2.45) is 0 Å². The molecule has 0 amide bonds. The van der Waals surface area contributed by atoms with Gasteiger partial charge >= 0.3 is 0 Å². The van der Waals surface area contributed by atoms with Gasteiger partial charge in [0.05, 0.1) is 0 Å². The summed E-state index contributed by atoms with van der Waals surface area (Å²) in [6, 6.07) is 21.7. The first-order valence-corrected chi connectivity index (χ1v) is 4.64. The Kier molecular flexibility index (Phi) is 8.21. The Morgan fingerprint density at radius 1 is 0.800 bits per heavy atom. The molecule has 0 heterocycles. The van der Waals surface area contributed by atoms with Crippen molar-refractivity contribution in [3.8, 4) is 0 Å². The van der Waals surface area contributed by atoms with Gasteiger partial charge in [0.15, 0.2) is 0 Å². The smallest absolute Gasteiger partial charge is 0 e. The SMILES string of the molecule is Cc1c[c-]ccc1.Cc1c[c-]ccc1.[Hf]. The molecule has 2 aromatic carbocycles. The number of hydrogen-bond acceptors (Lipinski definition) is 0. The zero-order chi connectivity index (χ0) is 10.2. The van der Waals surface area contributed by atoms with Crippen LogP contribution in [-0.2, 0) is 25.8 Å². The van der Waals surface area contributed by atoms with Gasteiger partial charge in [-0.25, -0.2) is 0 Å². The Morgan fingerprint density at radius 3 is 1.33 bits per heavy atom. The third kappa shape index (κ3) is 7.26. The Bertz CT molecular complexity index is 303. The minimum absolute atomic E-state index is 0. The molecule has 0 aliphatic heterocycles. The fraction of sp³-hybridized carbons (Fsp3) is 0.143. The maximum Gasteiger partial charge on any atom is 0 e. The molecule has 15 heavy (non-hydrogen) atoms. The molecule has 0 nitrogen and oxygen atoms in total. The van der Waals surface area contributed by atoms with Crippen molar-refractivity contribution in [3.63, 3.8) is 0 Å². The summed E-state index contributed by atoms with van der Waals surface area (Å²) >= 11 is 0.